The molecule has 0 radical (unpaired) electrons. The summed E-state index contributed by atoms with van der Waals surface area (Å²) in [5, 5.41) is 3.37. The lowest BCUT2D eigenvalue weighted by atomic mass is 10.1. The van der Waals surface area contributed by atoms with Crippen molar-refractivity contribution < 1.29 is 4.74 Å². The van der Waals surface area contributed by atoms with Crippen LogP contribution in [0.1, 0.15) is 18.7 Å². The second kappa shape index (κ2) is 5.56. The molecule has 2 N–H and O–H groups in total. The lowest BCUT2D eigenvalue weighted by Crippen LogP contribution is -2.30. The van der Waals surface area contributed by atoms with Gasteiger partial charge in [0.05, 0.1) is 6.26 Å². The molecule has 1 unspecified atom stereocenters. The van der Waals surface area contributed by atoms with Crippen molar-refractivity contribution in [3.8, 4) is 0 Å². The van der Waals surface area contributed by atoms with Crippen molar-refractivity contribution in [3.05, 3.63) is 30.6 Å². The molecule has 0 saturated heterocycles. The molecule has 2 rings (SSSR count). The maximum Gasteiger partial charge on any atom is 0.110 e. The largest absolute Gasteiger partial charge is 0.497 e. The van der Waals surface area contributed by atoms with Crippen LogP contribution in [0, 0.1) is 0 Å². The van der Waals surface area contributed by atoms with Crippen LogP contribution in [-0.4, -0.2) is 29.2 Å². The number of ether oxygens (including phenoxy) is 1. The van der Waals surface area contributed by atoms with Gasteiger partial charge >= 0.3 is 0 Å². The van der Waals surface area contributed by atoms with E-state index < -0.39 is 0 Å². The predicted molar refractivity (Wildman–Crippen MR) is 58.4 cm³/mol. The van der Waals surface area contributed by atoms with Gasteiger partial charge in [-0.1, -0.05) is 0 Å². The van der Waals surface area contributed by atoms with Crippen molar-refractivity contribution in [2.24, 2.45) is 0 Å². The molecule has 1 atom stereocenters. The third kappa shape index (κ3) is 3.40. The molecule has 82 valence electrons. The third-order valence-electron chi connectivity index (χ3n) is 2.49. The first-order valence-corrected chi connectivity index (χ1v) is 5.44. The zero-order valence-corrected chi connectivity index (χ0v) is 8.78. The van der Waals surface area contributed by atoms with Crippen molar-refractivity contribution >= 4 is 0 Å². The first-order chi connectivity index (χ1) is 7.45. The van der Waals surface area contributed by atoms with Crippen LogP contribution < -0.4 is 5.32 Å². The topological polar surface area (TPSA) is 49.9 Å². The minimum Gasteiger partial charge on any atom is -0.497 e. The summed E-state index contributed by atoms with van der Waals surface area (Å²) in [6, 6.07) is 0. The summed E-state index contributed by atoms with van der Waals surface area (Å²) in [5.74, 6) is 1.03. The van der Waals surface area contributed by atoms with E-state index in [9.17, 15) is 0 Å². The van der Waals surface area contributed by atoms with E-state index in [-0.39, 0.29) is 0 Å². The Kier molecular flexibility index (Phi) is 3.79. The number of aromatic amines is 1. The molecule has 1 aromatic rings. The Labute approximate surface area is 89.7 Å². The predicted octanol–water partition coefficient (Wildman–Crippen LogP) is 1.23. The Bertz CT molecular complexity index is 295. The molecule has 15 heavy (non-hydrogen) atoms. The molecular formula is C11H17N3O. The summed E-state index contributed by atoms with van der Waals surface area (Å²) in [5.41, 5.74) is 0. The summed E-state index contributed by atoms with van der Waals surface area (Å²) in [6.45, 7) is 1.86. The standard InChI is InChI=1S/C11H17N3O/c1-2-8-15-10(3-1)9-12-5-4-11-13-6-7-14-11/h2,6-8,10,12H,1,3-5,9H2,(H,13,14). The van der Waals surface area contributed by atoms with Gasteiger partial charge in [0.2, 0.25) is 0 Å². The summed E-state index contributed by atoms with van der Waals surface area (Å²) in [7, 11) is 0. The SMILES string of the molecule is C1=COC(CNCCc2ncc[nH]2)CC1. The van der Waals surface area contributed by atoms with E-state index >= 15 is 0 Å². The fourth-order valence-corrected chi connectivity index (χ4v) is 1.64. The van der Waals surface area contributed by atoms with E-state index in [4.69, 9.17) is 4.74 Å². The molecule has 0 aromatic carbocycles. The van der Waals surface area contributed by atoms with E-state index in [1.807, 2.05) is 12.5 Å². The van der Waals surface area contributed by atoms with Crippen molar-refractivity contribution in [3.63, 3.8) is 0 Å². The lowest BCUT2D eigenvalue weighted by molar-refractivity contribution is 0.122. The molecule has 1 aliphatic rings. The van der Waals surface area contributed by atoms with E-state index in [0.29, 0.717) is 6.10 Å². The molecule has 0 fully saturated rings. The number of nitrogens with zero attached hydrogens (tertiary/aromatic N) is 1. The van der Waals surface area contributed by atoms with E-state index in [0.717, 1.165) is 38.2 Å². The average Bonchev–Trinajstić information content (AvgIpc) is 2.79. The van der Waals surface area contributed by atoms with Crippen LogP contribution in [0.4, 0.5) is 0 Å². The zero-order chi connectivity index (χ0) is 10.3. The van der Waals surface area contributed by atoms with E-state index in [2.05, 4.69) is 21.4 Å². The van der Waals surface area contributed by atoms with Crippen LogP contribution >= 0.6 is 0 Å². The second-order valence-electron chi connectivity index (χ2n) is 3.70. The number of H-pyrrole nitrogens is 1. The van der Waals surface area contributed by atoms with Gasteiger partial charge < -0.3 is 15.0 Å². The number of imidazole rings is 1. The van der Waals surface area contributed by atoms with E-state index in [1.54, 1.807) is 6.20 Å². The fraction of sp³-hybridized carbons (Fsp3) is 0.545. The molecular weight excluding hydrogens is 190 g/mol. The van der Waals surface area contributed by atoms with Gasteiger partial charge in [-0.3, -0.25) is 0 Å². The van der Waals surface area contributed by atoms with Crippen molar-refractivity contribution in [2.75, 3.05) is 13.1 Å². The molecule has 0 amide bonds. The van der Waals surface area contributed by atoms with Gasteiger partial charge in [-0.2, -0.15) is 0 Å². The molecule has 4 heteroatoms. The average molecular weight is 207 g/mol. The highest BCUT2D eigenvalue weighted by Crippen LogP contribution is 2.08. The normalized spacial score (nSPS) is 20.1. The summed E-state index contributed by atoms with van der Waals surface area (Å²) in [4.78, 5) is 7.24. The molecule has 0 spiro atoms. The van der Waals surface area contributed by atoms with Gasteiger partial charge in [0.25, 0.3) is 0 Å². The molecule has 0 aliphatic carbocycles. The number of rotatable bonds is 5. The highest BCUT2D eigenvalue weighted by atomic mass is 16.5. The minimum atomic E-state index is 0.339. The highest BCUT2D eigenvalue weighted by Gasteiger charge is 2.09. The minimum absolute atomic E-state index is 0.339. The van der Waals surface area contributed by atoms with Crippen molar-refractivity contribution in [1.29, 1.82) is 0 Å². The number of hydrogen-bond acceptors (Lipinski definition) is 3. The van der Waals surface area contributed by atoms with Crippen molar-refractivity contribution in [2.45, 2.75) is 25.4 Å². The van der Waals surface area contributed by atoms with Gasteiger partial charge in [0.1, 0.15) is 11.9 Å². The van der Waals surface area contributed by atoms with Gasteiger partial charge in [-0.05, 0) is 18.9 Å². The fourth-order valence-electron chi connectivity index (χ4n) is 1.64. The maximum atomic E-state index is 5.45. The lowest BCUT2D eigenvalue weighted by Gasteiger charge is -2.19. The summed E-state index contributed by atoms with van der Waals surface area (Å²) >= 11 is 0. The highest BCUT2D eigenvalue weighted by molar-refractivity contribution is 4.88. The number of hydrogen-bond donors (Lipinski definition) is 2. The monoisotopic (exact) mass is 207 g/mol. The van der Waals surface area contributed by atoms with Gasteiger partial charge in [-0.15, -0.1) is 0 Å². The van der Waals surface area contributed by atoms with Gasteiger partial charge in [0.15, 0.2) is 0 Å². The van der Waals surface area contributed by atoms with Crippen LogP contribution in [-0.2, 0) is 11.2 Å². The molecule has 2 heterocycles. The second-order valence-corrected chi connectivity index (χ2v) is 3.70. The molecule has 4 nitrogen and oxygen atoms in total. The quantitative estimate of drug-likeness (QED) is 0.714. The van der Waals surface area contributed by atoms with Crippen LogP contribution in [0.15, 0.2) is 24.7 Å². The first-order valence-electron chi connectivity index (χ1n) is 5.44. The Morgan fingerprint density at radius 3 is 3.33 bits per heavy atom. The zero-order valence-electron chi connectivity index (χ0n) is 8.78. The Hall–Kier alpha value is -1.29. The van der Waals surface area contributed by atoms with Gasteiger partial charge in [0, 0.05) is 31.9 Å². The molecule has 1 aromatic heterocycles. The Balaban J connectivity index is 1.57. The molecule has 0 saturated carbocycles. The van der Waals surface area contributed by atoms with E-state index in [1.165, 1.54) is 0 Å². The van der Waals surface area contributed by atoms with Crippen LogP contribution in [0.25, 0.3) is 0 Å². The van der Waals surface area contributed by atoms with Gasteiger partial charge in [-0.25, -0.2) is 4.98 Å². The van der Waals surface area contributed by atoms with Crippen LogP contribution in [0.3, 0.4) is 0 Å². The number of aromatic nitrogens is 2. The molecule has 0 bridgehead atoms. The first kappa shape index (κ1) is 10.2. The number of nitrogens with one attached hydrogen (secondary N) is 2. The Morgan fingerprint density at radius 2 is 2.60 bits per heavy atom. The maximum absolute atomic E-state index is 5.45. The number of allylic oxidation sites excluding steroid dienone is 1. The van der Waals surface area contributed by atoms with Crippen LogP contribution in [0.5, 0.6) is 0 Å². The molecule has 1 aliphatic heterocycles. The van der Waals surface area contributed by atoms with Crippen molar-refractivity contribution in [1.82, 2.24) is 15.3 Å². The summed E-state index contributed by atoms with van der Waals surface area (Å²) in [6.07, 6.45) is 11.0. The van der Waals surface area contributed by atoms with Crippen LogP contribution in [0.2, 0.25) is 0 Å². The third-order valence-corrected chi connectivity index (χ3v) is 2.49. The Morgan fingerprint density at radius 1 is 1.60 bits per heavy atom. The summed E-state index contributed by atoms with van der Waals surface area (Å²) < 4.78 is 5.45. The smallest absolute Gasteiger partial charge is 0.110 e.